The minimum atomic E-state index is -0.933. The Bertz CT molecular complexity index is 2220. The van der Waals surface area contributed by atoms with Gasteiger partial charge >= 0.3 is 0 Å². The zero-order chi connectivity index (χ0) is 46.8. The first-order chi connectivity index (χ1) is 31.1. The van der Waals surface area contributed by atoms with Crippen LogP contribution in [0, 0.1) is 37.0 Å². The Morgan fingerprint density at radius 2 is 1.42 bits per heavy atom. The van der Waals surface area contributed by atoms with E-state index < -0.39 is 21.1 Å². The van der Waals surface area contributed by atoms with Crippen molar-refractivity contribution in [2.45, 2.75) is 95.5 Å². The molecule has 2 saturated heterocycles. The number of aliphatic hydroxyl groups excluding tert-OH is 1. The van der Waals surface area contributed by atoms with Crippen LogP contribution in [0.15, 0.2) is 129 Å². The molecule has 3 aromatic carbocycles. The molecule has 2 fully saturated rings. The van der Waals surface area contributed by atoms with E-state index in [-0.39, 0.29) is 68.4 Å². The summed E-state index contributed by atoms with van der Waals surface area (Å²) in [5.41, 5.74) is 5.50. The van der Waals surface area contributed by atoms with Gasteiger partial charge in [0, 0.05) is 103 Å². The monoisotopic (exact) mass is 1130 g/mol. The summed E-state index contributed by atoms with van der Waals surface area (Å²) in [5, 5.41) is 11.2. The molecule has 1 aliphatic carbocycles. The fraction of sp³-hybridized carbons (Fsp3) is 0.423. The molecule has 0 spiro atoms. The number of aliphatic hydroxyl groups is 1. The Balaban J connectivity index is 0.00000817. The number of nitrogens with two attached hydrogens (primary N) is 3. The number of ether oxygens (including phenoxy) is 6. The van der Waals surface area contributed by atoms with Gasteiger partial charge in [0.05, 0.1) is 25.4 Å². The maximum Gasteiger partial charge on any atom is 0.177 e. The van der Waals surface area contributed by atoms with Gasteiger partial charge in [0.25, 0.3) is 0 Å². The molecule has 0 radical (unpaired) electrons. The van der Waals surface area contributed by atoms with Gasteiger partial charge in [-0.05, 0) is 74.9 Å². The number of epoxide rings is 2. The molecule has 66 heavy (non-hydrogen) atoms. The molecule has 0 aromatic heterocycles. The van der Waals surface area contributed by atoms with E-state index in [1.165, 1.54) is 0 Å². The van der Waals surface area contributed by atoms with Crippen LogP contribution in [0.5, 0.6) is 11.5 Å². The molecule has 6 atom stereocenters. The molecule has 2 heterocycles. The Morgan fingerprint density at radius 3 is 2.05 bits per heavy atom. The fourth-order valence-corrected chi connectivity index (χ4v) is 8.17. The van der Waals surface area contributed by atoms with Crippen molar-refractivity contribution in [1.29, 1.82) is 0 Å². The van der Waals surface area contributed by atoms with Gasteiger partial charge in [-0.2, -0.15) is 17.5 Å². The Morgan fingerprint density at radius 1 is 0.818 bits per heavy atom. The number of unbranched alkanes of at least 4 members (excludes halogenated alkanes) is 1. The molecule has 0 bridgehead atoms. The zero-order valence-corrected chi connectivity index (χ0v) is 43.3. The van der Waals surface area contributed by atoms with E-state index in [0.29, 0.717) is 69.2 Å². The number of hydrogen-bond donors (Lipinski definition) is 4. The summed E-state index contributed by atoms with van der Waals surface area (Å²) in [6.07, 6.45) is 15.8. The Labute approximate surface area is 415 Å². The maximum absolute atomic E-state index is 11.2. The normalized spacial score (nSPS) is 19.7. The summed E-state index contributed by atoms with van der Waals surface area (Å²) >= 11 is 0. The van der Waals surface area contributed by atoms with Gasteiger partial charge in [-0.25, -0.2) is 0 Å². The van der Waals surface area contributed by atoms with Crippen LogP contribution in [0.3, 0.4) is 0 Å². The number of hydrogen-bond acceptors (Lipinski definition) is 10. The van der Waals surface area contributed by atoms with Crippen molar-refractivity contribution in [3.8, 4) is 11.5 Å². The quantitative estimate of drug-likeness (QED) is 0.0180. The average Bonchev–Trinajstić information content (AvgIpc) is 4.24. The molecule has 2 aliphatic heterocycles. The molecule has 0 amide bonds. The van der Waals surface area contributed by atoms with Crippen LogP contribution >= 0.6 is 0 Å². The Kier molecular flexibility index (Phi) is 19.3. The van der Waals surface area contributed by atoms with Crippen molar-refractivity contribution in [2.75, 3.05) is 39.6 Å². The van der Waals surface area contributed by atoms with E-state index >= 15 is 0 Å². The first-order valence-electron chi connectivity index (χ1n) is 22.8. The summed E-state index contributed by atoms with van der Waals surface area (Å²) in [7, 11) is 0. The third kappa shape index (κ3) is 13.7. The van der Waals surface area contributed by atoms with Crippen molar-refractivity contribution in [1.82, 2.24) is 9.40 Å². The molecule has 354 valence electrons. The molecule has 13 nitrogen and oxygen atoms in total. The van der Waals surface area contributed by atoms with E-state index in [1.807, 2.05) is 98.8 Å². The first kappa shape index (κ1) is 53.1. The third-order valence-electron chi connectivity index (χ3n) is 12.3. The van der Waals surface area contributed by atoms with Crippen molar-refractivity contribution < 1.29 is 64.6 Å². The van der Waals surface area contributed by atoms with Crippen molar-refractivity contribution >= 4 is 17.1 Å². The van der Waals surface area contributed by atoms with Gasteiger partial charge in [0.2, 0.25) is 0 Å². The average molecular weight is 1130 g/mol. The summed E-state index contributed by atoms with van der Waals surface area (Å²) in [6, 6.07) is 17.2. The third-order valence-corrected chi connectivity index (χ3v) is 12.3. The molecule has 0 saturated carbocycles. The van der Waals surface area contributed by atoms with Gasteiger partial charge in [-0.15, -0.1) is 31.0 Å². The second kappa shape index (κ2) is 23.9. The standard InChI is InChI=1S/C52H71N6O7.U/c1-8-13-17-36(12-5)47-29-43(21-25-51(47)64-35-46-33-61-46)58(55,56)42-19-23-49(38(27-42)15-10-3)62-30-44(59)31-65-52(6,7)48-22-18-40(26-37(48)14-9-2)57(53,54)41-20-24-50(39(28-41)16-11-4)63-34-45-32-60-45;/h9-12,18-26,28-29,36,38,44-46,59H,2-5,8,13-17,27,30-35,55-56H2,1,6-7H3,(H3,53,54);/q+1;. The minimum absolute atomic E-state index is 0. The summed E-state index contributed by atoms with van der Waals surface area (Å²) in [5.74, 6) is 32.2. The predicted octanol–water partition coefficient (Wildman–Crippen LogP) is 9.39. The van der Waals surface area contributed by atoms with Crippen molar-refractivity contribution in [3.05, 3.63) is 157 Å². The van der Waals surface area contributed by atoms with E-state index in [2.05, 4.69) is 33.2 Å². The van der Waals surface area contributed by atoms with E-state index in [0.717, 1.165) is 64.4 Å². The number of allylic oxidation sites excluding steroid dienone is 8. The van der Waals surface area contributed by atoms with Crippen LogP contribution in [0.4, 0.5) is 17.1 Å². The molecule has 14 heteroatoms. The molecule has 8 N–H and O–H groups in total. The SMILES string of the molecule is C=CCc1cc([N+]([NH-])(N)c2ccc(C(C)(C)OCC(O)COC3=CC=C([N+](N)(N)c4ccc(OCC5CO5)c(C(C=C)CCCC)c4)CC3CC=C)c(CC=C)c2)ccc1OCC1CO1.[U]. The second-order valence-electron chi connectivity index (χ2n) is 17.8. The largest absolute Gasteiger partial charge is 0.495 e. The van der Waals surface area contributed by atoms with Crippen molar-refractivity contribution in [2.24, 2.45) is 23.4 Å². The van der Waals surface area contributed by atoms with Gasteiger partial charge < -0.3 is 39.4 Å². The zero-order valence-electron chi connectivity index (χ0n) is 39.1. The van der Waals surface area contributed by atoms with Gasteiger partial charge in [0.15, 0.2) is 11.4 Å². The second-order valence-corrected chi connectivity index (χ2v) is 17.8. The van der Waals surface area contributed by atoms with Gasteiger partial charge in [-0.3, -0.25) is 4.70 Å². The summed E-state index contributed by atoms with van der Waals surface area (Å²) in [4.78, 5) is 0. The van der Waals surface area contributed by atoms with Gasteiger partial charge in [-0.1, -0.05) is 44.1 Å². The topological polar surface area (TPSA) is 184 Å². The number of rotatable bonds is 28. The van der Waals surface area contributed by atoms with Crippen LogP contribution in [0.25, 0.3) is 5.84 Å². The number of quaternary nitrogens is 2. The predicted molar refractivity (Wildman–Crippen MR) is 260 cm³/mol. The number of nitrogens with zero attached hydrogens (tertiary/aromatic N) is 2. The fourth-order valence-electron chi connectivity index (χ4n) is 8.17. The van der Waals surface area contributed by atoms with Crippen LogP contribution in [-0.4, -0.2) is 63.1 Å². The van der Waals surface area contributed by atoms with Crippen molar-refractivity contribution in [3.63, 3.8) is 0 Å². The molecular formula is C52H71N6O7U+. The number of nitrogens with one attached hydrogen (secondary N) is 1. The minimum Gasteiger partial charge on any atom is -0.495 e. The molecule has 6 unspecified atom stereocenters. The Hall–Kier alpha value is -3.85. The molecule has 6 rings (SSSR count). The van der Waals surface area contributed by atoms with E-state index in [9.17, 15) is 10.9 Å². The summed E-state index contributed by atoms with van der Waals surface area (Å²) < 4.78 is 34.4. The first-order valence-corrected chi connectivity index (χ1v) is 22.8. The van der Waals surface area contributed by atoms with Crippen LogP contribution in [0.2, 0.25) is 0 Å². The molecule has 3 aliphatic rings. The van der Waals surface area contributed by atoms with Gasteiger partial charge in [0.1, 0.15) is 66.8 Å². The maximum atomic E-state index is 11.2. The smallest absolute Gasteiger partial charge is 0.177 e. The van der Waals surface area contributed by atoms with Crippen LogP contribution in [-0.2, 0) is 37.4 Å². The number of benzene rings is 3. The van der Waals surface area contributed by atoms with E-state index in [1.54, 1.807) is 6.08 Å². The molecular weight excluding hydrogens is 1060 g/mol. The van der Waals surface area contributed by atoms with Crippen LogP contribution in [0.1, 0.15) is 81.0 Å². The molecule has 3 aromatic rings. The van der Waals surface area contributed by atoms with Crippen LogP contribution < -0.4 is 36.4 Å². The summed E-state index contributed by atoms with van der Waals surface area (Å²) in [6.45, 7) is 24.5. The van der Waals surface area contributed by atoms with E-state index in [4.69, 9.17) is 45.9 Å².